The van der Waals surface area contributed by atoms with E-state index < -0.39 is 0 Å². The van der Waals surface area contributed by atoms with E-state index in [-0.39, 0.29) is 17.6 Å². The number of carbonyl (C=O) groups excluding carboxylic acids is 1. The molecule has 3 aromatic rings. The summed E-state index contributed by atoms with van der Waals surface area (Å²) in [6, 6.07) is 9.90. The lowest BCUT2D eigenvalue weighted by Crippen LogP contribution is -2.30. The Bertz CT molecular complexity index is 852. The average molecular weight is 297 g/mol. The quantitative estimate of drug-likeness (QED) is 0.694. The Balaban J connectivity index is 1.73. The Hall–Kier alpha value is -3.02. The highest BCUT2D eigenvalue weighted by molar-refractivity contribution is 5.93. The van der Waals surface area contributed by atoms with Gasteiger partial charge in [-0.15, -0.1) is 0 Å². The number of hydrogen-bond donors (Lipinski definition) is 3. The molecule has 3 N–H and O–H groups in total. The summed E-state index contributed by atoms with van der Waals surface area (Å²) in [6.07, 6.45) is 3.14. The Kier molecular flexibility index (Phi) is 3.65. The van der Waals surface area contributed by atoms with Crippen LogP contribution in [0.3, 0.4) is 0 Å². The van der Waals surface area contributed by atoms with Crippen molar-refractivity contribution in [3.8, 4) is 0 Å². The second kappa shape index (κ2) is 5.77. The lowest BCUT2D eigenvalue weighted by atomic mass is 10.1. The minimum absolute atomic E-state index is 0.153. The van der Waals surface area contributed by atoms with Crippen LogP contribution in [0, 0.1) is 0 Å². The van der Waals surface area contributed by atoms with E-state index >= 15 is 0 Å². The van der Waals surface area contributed by atoms with Gasteiger partial charge in [-0.05, 0) is 48.7 Å². The molecule has 0 spiro atoms. The predicted molar refractivity (Wildman–Crippen MR) is 83.8 cm³/mol. The van der Waals surface area contributed by atoms with E-state index in [1.165, 1.54) is 0 Å². The zero-order valence-electron chi connectivity index (χ0n) is 11.9. The fourth-order valence-corrected chi connectivity index (χ4v) is 2.24. The van der Waals surface area contributed by atoms with Crippen LogP contribution < -0.4 is 16.2 Å². The third-order valence-corrected chi connectivity index (χ3v) is 3.35. The van der Waals surface area contributed by atoms with Crippen LogP contribution in [0.15, 0.2) is 58.1 Å². The Morgan fingerprint density at radius 3 is 2.91 bits per heavy atom. The summed E-state index contributed by atoms with van der Waals surface area (Å²) in [6.45, 7) is 1.83. The summed E-state index contributed by atoms with van der Waals surface area (Å²) in [7, 11) is 0. The van der Waals surface area contributed by atoms with Crippen LogP contribution in [0.2, 0.25) is 0 Å². The highest BCUT2D eigenvalue weighted by atomic mass is 16.3. The molecule has 0 unspecified atom stereocenters. The van der Waals surface area contributed by atoms with Gasteiger partial charge in [-0.3, -0.25) is 4.79 Å². The summed E-state index contributed by atoms with van der Waals surface area (Å²) in [4.78, 5) is 26.2. The number of hydrogen-bond acceptors (Lipinski definition) is 3. The van der Waals surface area contributed by atoms with Gasteiger partial charge in [0.25, 0.3) is 5.56 Å². The van der Waals surface area contributed by atoms with Gasteiger partial charge in [-0.2, -0.15) is 0 Å². The first-order valence-electron chi connectivity index (χ1n) is 6.86. The largest absolute Gasteiger partial charge is 0.467 e. The molecule has 6 heteroatoms. The highest BCUT2D eigenvalue weighted by Crippen LogP contribution is 2.16. The maximum atomic E-state index is 12.0. The molecule has 3 rings (SSSR count). The fourth-order valence-electron chi connectivity index (χ4n) is 2.24. The maximum Gasteiger partial charge on any atom is 0.319 e. The number of carbonyl (C=O) groups is 1. The first-order chi connectivity index (χ1) is 10.6. The third-order valence-electron chi connectivity index (χ3n) is 3.35. The topological polar surface area (TPSA) is 87.1 Å². The number of rotatable bonds is 3. The number of fused-ring (bicyclic) bond motifs is 1. The third kappa shape index (κ3) is 2.85. The van der Waals surface area contributed by atoms with Crippen LogP contribution in [-0.4, -0.2) is 11.0 Å². The van der Waals surface area contributed by atoms with Crippen molar-refractivity contribution >= 4 is 22.5 Å². The van der Waals surface area contributed by atoms with Gasteiger partial charge in [0.2, 0.25) is 0 Å². The van der Waals surface area contributed by atoms with Crippen molar-refractivity contribution in [1.29, 1.82) is 0 Å². The molecule has 0 bridgehead atoms. The van der Waals surface area contributed by atoms with E-state index in [9.17, 15) is 9.59 Å². The predicted octanol–water partition coefficient (Wildman–Crippen LogP) is 3.00. The zero-order chi connectivity index (χ0) is 15.5. The Labute approximate surface area is 126 Å². The number of anilines is 1. The lowest BCUT2D eigenvalue weighted by molar-refractivity contribution is 0.247. The molecule has 0 saturated carbocycles. The Morgan fingerprint density at radius 1 is 1.27 bits per heavy atom. The van der Waals surface area contributed by atoms with E-state index in [0.29, 0.717) is 16.8 Å². The number of nitrogens with one attached hydrogen (secondary N) is 3. The van der Waals surface area contributed by atoms with Crippen molar-refractivity contribution in [2.45, 2.75) is 13.0 Å². The number of H-pyrrole nitrogens is 1. The van der Waals surface area contributed by atoms with E-state index in [2.05, 4.69) is 15.6 Å². The van der Waals surface area contributed by atoms with Gasteiger partial charge in [-0.25, -0.2) is 4.79 Å². The van der Waals surface area contributed by atoms with Crippen molar-refractivity contribution in [2.24, 2.45) is 0 Å². The van der Waals surface area contributed by atoms with Crippen molar-refractivity contribution in [3.05, 3.63) is 65.0 Å². The lowest BCUT2D eigenvalue weighted by Gasteiger charge is -2.12. The molecule has 2 amide bonds. The SMILES string of the molecule is C[C@H](NC(=O)Nc1ccc2c(=O)[nH]ccc2c1)c1ccco1. The van der Waals surface area contributed by atoms with Crippen LogP contribution in [0.25, 0.3) is 10.8 Å². The summed E-state index contributed by atoms with van der Waals surface area (Å²) in [5, 5.41) is 6.87. The molecular formula is C16H15N3O3. The van der Waals surface area contributed by atoms with Crippen LogP contribution in [0.1, 0.15) is 18.7 Å². The number of aromatic nitrogens is 1. The molecule has 1 aromatic carbocycles. The fraction of sp³-hybridized carbons (Fsp3) is 0.125. The van der Waals surface area contributed by atoms with Crippen molar-refractivity contribution < 1.29 is 9.21 Å². The normalized spacial score (nSPS) is 12.0. The molecule has 0 fully saturated rings. The highest BCUT2D eigenvalue weighted by Gasteiger charge is 2.11. The van der Waals surface area contributed by atoms with E-state index in [1.807, 2.05) is 6.92 Å². The second-order valence-corrected chi connectivity index (χ2v) is 4.94. The molecule has 2 heterocycles. The second-order valence-electron chi connectivity index (χ2n) is 4.94. The number of aromatic amines is 1. The molecular weight excluding hydrogens is 282 g/mol. The van der Waals surface area contributed by atoms with Gasteiger partial charge in [-0.1, -0.05) is 0 Å². The van der Waals surface area contributed by atoms with Crippen LogP contribution >= 0.6 is 0 Å². The monoisotopic (exact) mass is 297 g/mol. The van der Waals surface area contributed by atoms with Crippen molar-refractivity contribution in [2.75, 3.05) is 5.32 Å². The minimum atomic E-state index is -0.340. The van der Waals surface area contributed by atoms with E-state index in [4.69, 9.17) is 4.42 Å². The van der Waals surface area contributed by atoms with Crippen LogP contribution in [0.5, 0.6) is 0 Å². The molecule has 112 valence electrons. The summed E-state index contributed by atoms with van der Waals surface area (Å²) in [5.41, 5.74) is 0.460. The van der Waals surface area contributed by atoms with E-state index in [0.717, 1.165) is 5.39 Å². The van der Waals surface area contributed by atoms with E-state index in [1.54, 1.807) is 48.9 Å². The van der Waals surface area contributed by atoms with Gasteiger partial charge in [0.05, 0.1) is 12.3 Å². The molecule has 22 heavy (non-hydrogen) atoms. The van der Waals surface area contributed by atoms with Gasteiger partial charge < -0.3 is 20.0 Å². The zero-order valence-corrected chi connectivity index (χ0v) is 11.9. The molecule has 6 nitrogen and oxygen atoms in total. The summed E-state index contributed by atoms with van der Waals surface area (Å²) < 4.78 is 5.24. The summed E-state index contributed by atoms with van der Waals surface area (Å²) >= 11 is 0. The minimum Gasteiger partial charge on any atom is -0.467 e. The smallest absolute Gasteiger partial charge is 0.319 e. The van der Waals surface area contributed by atoms with Crippen molar-refractivity contribution in [3.63, 3.8) is 0 Å². The van der Waals surface area contributed by atoms with Gasteiger partial charge in [0.15, 0.2) is 0 Å². The summed E-state index contributed by atoms with van der Waals surface area (Å²) in [5.74, 6) is 0.681. The number of benzene rings is 1. The van der Waals surface area contributed by atoms with Crippen LogP contribution in [-0.2, 0) is 0 Å². The molecule has 0 aliphatic carbocycles. The standard InChI is InChI=1S/C16H15N3O3/c1-10(14-3-2-8-22-14)18-16(21)19-12-4-5-13-11(9-12)6-7-17-15(13)20/h2-10H,1H3,(H,17,20)(H2,18,19,21)/t10-/m0/s1. The number of furan rings is 1. The first-order valence-corrected chi connectivity index (χ1v) is 6.86. The van der Waals surface area contributed by atoms with Crippen molar-refractivity contribution in [1.82, 2.24) is 10.3 Å². The maximum absolute atomic E-state index is 12.0. The molecule has 2 aromatic heterocycles. The van der Waals surface area contributed by atoms with Gasteiger partial charge in [0.1, 0.15) is 5.76 Å². The van der Waals surface area contributed by atoms with Gasteiger partial charge >= 0.3 is 6.03 Å². The molecule has 0 aliphatic rings. The number of pyridine rings is 1. The molecule has 0 radical (unpaired) electrons. The average Bonchev–Trinajstić information content (AvgIpc) is 3.01. The number of amides is 2. The molecule has 0 saturated heterocycles. The molecule has 1 atom stereocenters. The number of urea groups is 1. The first kappa shape index (κ1) is 13.9. The Morgan fingerprint density at radius 2 is 2.14 bits per heavy atom. The van der Waals surface area contributed by atoms with Crippen LogP contribution in [0.4, 0.5) is 10.5 Å². The van der Waals surface area contributed by atoms with Gasteiger partial charge in [0, 0.05) is 17.3 Å². The molecule has 0 aliphatic heterocycles.